The topological polar surface area (TPSA) is 69.7 Å². The van der Waals surface area contributed by atoms with Crippen molar-refractivity contribution in [2.24, 2.45) is 0 Å². The van der Waals surface area contributed by atoms with Crippen molar-refractivity contribution in [3.8, 4) is 27.8 Å². The van der Waals surface area contributed by atoms with Crippen molar-refractivity contribution in [2.45, 2.75) is 6.61 Å². The predicted octanol–water partition coefficient (Wildman–Crippen LogP) is 4.49. The van der Waals surface area contributed by atoms with Gasteiger partial charge in [0.05, 0.1) is 18.4 Å². The molecule has 138 valence electrons. The van der Waals surface area contributed by atoms with E-state index in [1.165, 1.54) is 11.3 Å². The van der Waals surface area contributed by atoms with Gasteiger partial charge in [-0.15, -0.1) is 11.3 Å². The number of nitrogens with zero attached hydrogens (tertiary/aromatic N) is 1. The highest BCUT2D eigenvalue weighted by Crippen LogP contribution is 2.38. The smallest absolute Gasteiger partial charge is 0.262 e. The number of carbonyl (C=O) groups is 1. The molecule has 2 heterocycles. The number of halogens is 1. The van der Waals surface area contributed by atoms with Gasteiger partial charge in [-0.1, -0.05) is 22.0 Å². The molecule has 1 aliphatic heterocycles. The summed E-state index contributed by atoms with van der Waals surface area (Å²) in [6.45, 7) is 0.291. The Labute approximate surface area is 168 Å². The van der Waals surface area contributed by atoms with E-state index < -0.39 is 0 Å². The van der Waals surface area contributed by atoms with E-state index in [1.807, 2.05) is 29.6 Å². The molecular weight excluding hydrogens is 432 g/mol. The van der Waals surface area contributed by atoms with Gasteiger partial charge in [-0.25, -0.2) is 4.98 Å². The number of benzene rings is 2. The SMILES string of the molecule is COc1ccc(Br)cc1-c1nc(COc2cccc3c2NC(=O)CO3)cs1. The highest BCUT2D eigenvalue weighted by Gasteiger charge is 2.20. The summed E-state index contributed by atoms with van der Waals surface area (Å²) in [5.74, 6) is 1.72. The number of rotatable bonds is 5. The van der Waals surface area contributed by atoms with Crippen molar-refractivity contribution in [3.63, 3.8) is 0 Å². The second kappa shape index (κ2) is 7.58. The molecule has 0 saturated carbocycles. The average Bonchev–Trinajstić information content (AvgIpc) is 3.15. The number of ether oxygens (including phenoxy) is 3. The summed E-state index contributed by atoms with van der Waals surface area (Å²) in [5.41, 5.74) is 2.26. The number of anilines is 1. The summed E-state index contributed by atoms with van der Waals surface area (Å²) >= 11 is 5.00. The summed E-state index contributed by atoms with van der Waals surface area (Å²) in [5, 5.41) is 5.58. The van der Waals surface area contributed by atoms with Crippen LogP contribution < -0.4 is 19.5 Å². The Kier molecular flexibility index (Phi) is 5.00. The first kappa shape index (κ1) is 17.8. The predicted molar refractivity (Wildman–Crippen MR) is 107 cm³/mol. The Balaban J connectivity index is 1.53. The third-order valence-corrected chi connectivity index (χ3v) is 5.35. The zero-order chi connectivity index (χ0) is 18.8. The minimum atomic E-state index is -0.198. The molecule has 0 radical (unpaired) electrons. The molecule has 0 spiro atoms. The molecule has 2 aromatic carbocycles. The summed E-state index contributed by atoms with van der Waals surface area (Å²) in [6, 6.07) is 11.2. The first-order valence-electron chi connectivity index (χ1n) is 8.11. The van der Waals surface area contributed by atoms with Crippen molar-refractivity contribution < 1.29 is 19.0 Å². The van der Waals surface area contributed by atoms with Crippen LogP contribution in [0.1, 0.15) is 5.69 Å². The molecule has 0 fully saturated rings. The van der Waals surface area contributed by atoms with Crippen LogP contribution in [0.25, 0.3) is 10.6 Å². The quantitative estimate of drug-likeness (QED) is 0.624. The van der Waals surface area contributed by atoms with Crippen LogP contribution >= 0.6 is 27.3 Å². The largest absolute Gasteiger partial charge is 0.496 e. The molecule has 1 aromatic heterocycles. The van der Waals surface area contributed by atoms with E-state index >= 15 is 0 Å². The van der Waals surface area contributed by atoms with Gasteiger partial charge in [0, 0.05) is 9.85 Å². The van der Waals surface area contributed by atoms with Gasteiger partial charge >= 0.3 is 0 Å². The van der Waals surface area contributed by atoms with Gasteiger partial charge in [-0.2, -0.15) is 0 Å². The first-order valence-corrected chi connectivity index (χ1v) is 9.78. The minimum Gasteiger partial charge on any atom is -0.496 e. The molecule has 1 N–H and O–H groups in total. The maximum atomic E-state index is 11.6. The minimum absolute atomic E-state index is 0.0143. The number of para-hydroxylation sites is 1. The standard InChI is InChI=1S/C19H15BrN2O4S/c1-24-14-6-5-11(20)7-13(14)19-21-12(10-27-19)8-25-15-3-2-4-16-18(15)22-17(23)9-26-16/h2-7,10H,8-9H2,1H3,(H,22,23). The van der Waals surface area contributed by atoms with Crippen molar-refractivity contribution in [1.29, 1.82) is 0 Å². The van der Waals surface area contributed by atoms with E-state index in [4.69, 9.17) is 14.2 Å². The van der Waals surface area contributed by atoms with Gasteiger partial charge in [0.1, 0.15) is 34.6 Å². The zero-order valence-electron chi connectivity index (χ0n) is 14.3. The summed E-state index contributed by atoms with van der Waals surface area (Å²) in [7, 11) is 1.64. The van der Waals surface area contributed by atoms with Gasteiger partial charge in [-0.05, 0) is 30.3 Å². The number of carbonyl (C=O) groups excluding carboxylic acids is 1. The fourth-order valence-corrected chi connectivity index (χ4v) is 3.88. The summed E-state index contributed by atoms with van der Waals surface area (Å²) < 4.78 is 17.7. The lowest BCUT2D eigenvalue weighted by Gasteiger charge is -2.20. The molecule has 0 bridgehead atoms. The van der Waals surface area contributed by atoms with Gasteiger partial charge in [0.25, 0.3) is 5.91 Å². The molecule has 0 unspecified atom stereocenters. The summed E-state index contributed by atoms with van der Waals surface area (Å²) in [6.07, 6.45) is 0. The Morgan fingerprint density at radius 1 is 1.30 bits per heavy atom. The first-order chi connectivity index (χ1) is 13.1. The van der Waals surface area contributed by atoms with Crippen LogP contribution in [-0.4, -0.2) is 24.6 Å². The van der Waals surface area contributed by atoms with Crippen LogP contribution in [0.2, 0.25) is 0 Å². The molecule has 6 nitrogen and oxygen atoms in total. The number of thiazole rings is 1. The van der Waals surface area contributed by atoms with E-state index in [1.54, 1.807) is 19.2 Å². The molecule has 1 amide bonds. The van der Waals surface area contributed by atoms with Crippen LogP contribution in [0, 0.1) is 0 Å². The number of hydrogen-bond donors (Lipinski definition) is 1. The molecular formula is C19H15BrN2O4S. The Morgan fingerprint density at radius 2 is 2.19 bits per heavy atom. The van der Waals surface area contributed by atoms with Crippen LogP contribution in [0.15, 0.2) is 46.3 Å². The number of amides is 1. The normalized spacial score (nSPS) is 12.7. The molecule has 0 saturated heterocycles. The molecule has 27 heavy (non-hydrogen) atoms. The molecule has 8 heteroatoms. The lowest BCUT2D eigenvalue weighted by atomic mass is 10.2. The van der Waals surface area contributed by atoms with Crippen molar-refractivity contribution in [3.05, 3.63) is 51.9 Å². The lowest BCUT2D eigenvalue weighted by Crippen LogP contribution is -2.25. The van der Waals surface area contributed by atoms with Gasteiger partial charge < -0.3 is 19.5 Å². The molecule has 3 aromatic rings. The molecule has 4 rings (SSSR count). The van der Waals surface area contributed by atoms with Gasteiger partial charge in [-0.3, -0.25) is 4.79 Å². The van der Waals surface area contributed by atoms with Crippen molar-refractivity contribution in [2.75, 3.05) is 19.0 Å². The Morgan fingerprint density at radius 3 is 3.04 bits per heavy atom. The van der Waals surface area contributed by atoms with Crippen LogP contribution in [-0.2, 0) is 11.4 Å². The third-order valence-electron chi connectivity index (χ3n) is 3.93. The van der Waals surface area contributed by atoms with E-state index in [0.717, 1.165) is 26.5 Å². The van der Waals surface area contributed by atoms with Crippen molar-refractivity contribution >= 4 is 38.9 Å². The van der Waals surface area contributed by atoms with Crippen molar-refractivity contribution in [1.82, 2.24) is 4.98 Å². The third kappa shape index (κ3) is 3.77. The van der Waals surface area contributed by atoms with E-state index in [-0.39, 0.29) is 19.1 Å². The Bertz CT molecular complexity index is 1010. The number of nitrogens with one attached hydrogen (secondary N) is 1. The molecule has 0 aliphatic carbocycles. The van der Waals surface area contributed by atoms with Crippen LogP contribution in [0.3, 0.4) is 0 Å². The second-order valence-electron chi connectivity index (χ2n) is 5.74. The van der Waals surface area contributed by atoms with E-state index in [9.17, 15) is 4.79 Å². The second-order valence-corrected chi connectivity index (χ2v) is 7.52. The Hall–Kier alpha value is -2.58. The average molecular weight is 447 g/mol. The number of methoxy groups -OCH3 is 1. The molecule has 0 atom stereocenters. The van der Waals surface area contributed by atoms with Crippen LogP contribution in [0.4, 0.5) is 5.69 Å². The monoisotopic (exact) mass is 446 g/mol. The number of fused-ring (bicyclic) bond motifs is 1. The maximum Gasteiger partial charge on any atom is 0.262 e. The molecule has 1 aliphatic rings. The van der Waals surface area contributed by atoms with Gasteiger partial charge in [0.15, 0.2) is 6.61 Å². The fourth-order valence-electron chi connectivity index (χ4n) is 2.69. The maximum absolute atomic E-state index is 11.6. The van der Waals surface area contributed by atoms with Crippen LogP contribution in [0.5, 0.6) is 17.2 Å². The highest BCUT2D eigenvalue weighted by atomic mass is 79.9. The zero-order valence-corrected chi connectivity index (χ0v) is 16.7. The van der Waals surface area contributed by atoms with E-state index in [2.05, 4.69) is 26.2 Å². The van der Waals surface area contributed by atoms with E-state index in [0.29, 0.717) is 17.2 Å². The fraction of sp³-hybridized carbons (Fsp3) is 0.158. The van der Waals surface area contributed by atoms with Gasteiger partial charge in [0.2, 0.25) is 0 Å². The number of aromatic nitrogens is 1. The summed E-state index contributed by atoms with van der Waals surface area (Å²) in [4.78, 5) is 16.2. The highest BCUT2D eigenvalue weighted by molar-refractivity contribution is 9.10. The number of hydrogen-bond acceptors (Lipinski definition) is 6. The lowest BCUT2D eigenvalue weighted by molar-refractivity contribution is -0.118.